The smallest absolute Gasteiger partial charge is 0.224 e. The van der Waals surface area contributed by atoms with Gasteiger partial charge in [0.05, 0.1) is 25.0 Å². The Kier molecular flexibility index (Phi) is 4.11. The highest BCUT2D eigenvalue weighted by molar-refractivity contribution is 5.90. The molecule has 1 fully saturated rings. The van der Waals surface area contributed by atoms with Crippen LogP contribution in [0.25, 0.3) is 0 Å². The molecule has 0 unspecified atom stereocenters. The van der Waals surface area contributed by atoms with E-state index in [1.54, 1.807) is 18.0 Å². The Hall–Kier alpha value is -1.40. The van der Waals surface area contributed by atoms with Crippen molar-refractivity contribution in [3.05, 3.63) is 12.4 Å². The topological polar surface area (TPSA) is 68.2 Å². The van der Waals surface area contributed by atoms with Crippen LogP contribution in [0, 0.1) is 5.92 Å². The van der Waals surface area contributed by atoms with Crippen LogP contribution in [0.15, 0.2) is 12.4 Å². The average molecular weight is 238 g/mol. The Bertz CT molecular complexity index is 373. The number of rotatable bonds is 6. The lowest BCUT2D eigenvalue weighted by molar-refractivity contribution is -0.117. The van der Waals surface area contributed by atoms with Gasteiger partial charge in [0.15, 0.2) is 0 Å². The van der Waals surface area contributed by atoms with Crippen molar-refractivity contribution in [1.82, 2.24) is 15.1 Å². The van der Waals surface area contributed by atoms with Gasteiger partial charge in [0.1, 0.15) is 0 Å². The van der Waals surface area contributed by atoms with Crippen LogP contribution in [0.1, 0.15) is 6.42 Å². The van der Waals surface area contributed by atoms with Gasteiger partial charge in [-0.3, -0.25) is 9.48 Å². The van der Waals surface area contributed by atoms with Gasteiger partial charge in [-0.05, 0) is 19.0 Å². The first-order valence-electron chi connectivity index (χ1n) is 5.80. The van der Waals surface area contributed by atoms with Crippen LogP contribution in [0.2, 0.25) is 0 Å². The SMILES string of the molecule is COCCn1cc(NC(=O)CC2CNC2)cn1. The zero-order chi connectivity index (χ0) is 12.1. The van der Waals surface area contributed by atoms with Gasteiger partial charge >= 0.3 is 0 Å². The second kappa shape index (κ2) is 5.79. The molecule has 6 nitrogen and oxygen atoms in total. The van der Waals surface area contributed by atoms with Crippen molar-refractivity contribution < 1.29 is 9.53 Å². The third-order valence-corrected chi connectivity index (χ3v) is 2.78. The third-order valence-electron chi connectivity index (χ3n) is 2.78. The maximum Gasteiger partial charge on any atom is 0.224 e. The van der Waals surface area contributed by atoms with Gasteiger partial charge in [-0.2, -0.15) is 5.10 Å². The van der Waals surface area contributed by atoms with Crippen LogP contribution in [0.4, 0.5) is 5.69 Å². The molecule has 0 radical (unpaired) electrons. The molecule has 2 heterocycles. The molecule has 0 bridgehead atoms. The summed E-state index contributed by atoms with van der Waals surface area (Å²) < 4.78 is 6.71. The van der Waals surface area contributed by atoms with E-state index in [2.05, 4.69) is 15.7 Å². The second-order valence-corrected chi connectivity index (χ2v) is 4.26. The molecule has 1 amide bonds. The molecule has 0 aliphatic carbocycles. The van der Waals surface area contributed by atoms with Crippen molar-refractivity contribution in [3.63, 3.8) is 0 Å². The lowest BCUT2D eigenvalue weighted by atomic mass is 9.99. The predicted molar refractivity (Wildman–Crippen MR) is 63.7 cm³/mol. The fourth-order valence-corrected chi connectivity index (χ4v) is 1.70. The van der Waals surface area contributed by atoms with Crippen LogP contribution < -0.4 is 10.6 Å². The largest absolute Gasteiger partial charge is 0.383 e. The number of anilines is 1. The highest BCUT2D eigenvalue weighted by Crippen LogP contribution is 2.11. The zero-order valence-corrected chi connectivity index (χ0v) is 9.98. The number of nitrogens with one attached hydrogen (secondary N) is 2. The molecule has 0 aromatic carbocycles. The molecule has 0 spiro atoms. The molecule has 2 rings (SSSR count). The molecule has 6 heteroatoms. The monoisotopic (exact) mass is 238 g/mol. The summed E-state index contributed by atoms with van der Waals surface area (Å²) in [6.45, 7) is 3.20. The summed E-state index contributed by atoms with van der Waals surface area (Å²) in [5.74, 6) is 0.543. The van der Waals surface area contributed by atoms with Gasteiger partial charge in [-0.1, -0.05) is 0 Å². The minimum Gasteiger partial charge on any atom is -0.383 e. The average Bonchev–Trinajstić information content (AvgIpc) is 2.68. The summed E-state index contributed by atoms with van der Waals surface area (Å²) >= 11 is 0. The van der Waals surface area contributed by atoms with E-state index >= 15 is 0 Å². The van der Waals surface area contributed by atoms with E-state index in [0.717, 1.165) is 18.8 Å². The van der Waals surface area contributed by atoms with Gasteiger partial charge in [0.25, 0.3) is 0 Å². The van der Waals surface area contributed by atoms with Crippen molar-refractivity contribution in [2.45, 2.75) is 13.0 Å². The third kappa shape index (κ3) is 3.54. The standard InChI is InChI=1S/C11H18N4O2/c1-17-3-2-15-8-10(7-13-15)14-11(16)4-9-5-12-6-9/h7-9,12H,2-6H2,1H3,(H,14,16). The van der Waals surface area contributed by atoms with E-state index < -0.39 is 0 Å². The molecule has 1 aromatic heterocycles. The number of carbonyl (C=O) groups is 1. The molecule has 1 aromatic rings. The Morgan fingerprint density at radius 2 is 2.53 bits per heavy atom. The normalized spacial score (nSPS) is 15.6. The van der Waals surface area contributed by atoms with E-state index in [1.165, 1.54) is 0 Å². The van der Waals surface area contributed by atoms with E-state index in [4.69, 9.17) is 4.74 Å². The summed E-state index contributed by atoms with van der Waals surface area (Å²) in [6.07, 6.45) is 4.05. The van der Waals surface area contributed by atoms with Crippen LogP contribution in [0.5, 0.6) is 0 Å². The molecule has 2 N–H and O–H groups in total. The van der Waals surface area contributed by atoms with Gasteiger partial charge < -0.3 is 15.4 Å². The minimum absolute atomic E-state index is 0.0581. The number of methoxy groups -OCH3 is 1. The summed E-state index contributed by atoms with van der Waals surface area (Å²) in [7, 11) is 1.65. The quantitative estimate of drug-likeness (QED) is 0.736. The van der Waals surface area contributed by atoms with E-state index in [9.17, 15) is 4.79 Å². The Labute approximate surface area is 100 Å². The van der Waals surface area contributed by atoms with Crippen molar-refractivity contribution in [3.8, 4) is 0 Å². The molecule has 17 heavy (non-hydrogen) atoms. The van der Waals surface area contributed by atoms with Crippen LogP contribution in [0.3, 0.4) is 0 Å². The molecular formula is C11H18N4O2. The minimum atomic E-state index is 0.0581. The van der Waals surface area contributed by atoms with Gasteiger partial charge in [-0.15, -0.1) is 0 Å². The van der Waals surface area contributed by atoms with Crippen LogP contribution >= 0.6 is 0 Å². The fraction of sp³-hybridized carbons (Fsp3) is 0.636. The summed E-state index contributed by atoms with van der Waals surface area (Å²) in [5, 5.41) is 10.1. The number of carbonyl (C=O) groups excluding carboxylic acids is 1. The lowest BCUT2D eigenvalue weighted by Crippen LogP contribution is -2.43. The molecule has 1 aliphatic heterocycles. The number of amides is 1. The number of aromatic nitrogens is 2. The second-order valence-electron chi connectivity index (χ2n) is 4.26. The molecular weight excluding hydrogens is 220 g/mol. The van der Waals surface area contributed by atoms with Gasteiger partial charge in [0, 0.05) is 19.7 Å². The number of ether oxygens (including phenoxy) is 1. The summed E-state index contributed by atoms with van der Waals surface area (Å²) in [4.78, 5) is 11.6. The molecule has 0 atom stereocenters. The van der Waals surface area contributed by atoms with Crippen LogP contribution in [-0.4, -0.2) is 42.5 Å². The molecule has 94 valence electrons. The first-order chi connectivity index (χ1) is 8.28. The molecule has 1 saturated heterocycles. The molecule has 0 saturated carbocycles. The molecule has 1 aliphatic rings. The van der Waals surface area contributed by atoms with Crippen molar-refractivity contribution >= 4 is 11.6 Å². The van der Waals surface area contributed by atoms with Crippen molar-refractivity contribution in [1.29, 1.82) is 0 Å². The van der Waals surface area contributed by atoms with Crippen LogP contribution in [-0.2, 0) is 16.1 Å². The summed E-state index contributed by atoms with van der Waals surface area (Å²) in [5.41, 5.74) is 0.749. The van der Waals surface area contributed by atoms with Crippen molar-refractivity contribution in [2.24, 2.45) is 5.92 Å². The summed E-state index contributed by atoms with van der Waals surface area (Å²) in [6, 6.07) is 0. The highest BCUT2D eigenvalue weighted by Gasteiger charge is 2.20. The van der Waals surface area contributed by atoms with Gasteiger partial charge in [-0.25, -0.2) is 0 Å². The Morgan fingerprint density at radius 1 is 1.71 bits per heavy atom. The number of nitrogens with zero attached hydrogens (tertiary/aromatic N) is 2. The Balaban J connectivity index is 1.77. The lowest BCUT2D eigenvalue weighted by Gasteiger charge is -2.26. The van der Waals surface area contributed by atoms with Gasteiger partial charge in [0.2, 0.25) is 5.91 Å². The maximum atomic E-state index is 11.6. The first kappa shape index (κ1) is 12.1. The fourth-order valence-electron chi connectivity index (χ4n) is 1.70. The maximum absolute atomic E-state index is 11.6. The van der Waals surface area contributed by atoms with E-state index in [-0.39, 0.29) is 5.91 Å². The first-order valence-corrected chi connectivity index (χ1v) is 5.80. The predicted octanol–water partition coefficient (Wildman–Crippen LogP) is 0.0775. The van der Waals surface area contributed by atoms with Crippen molar-refractivity contribution in [2.75, 3.05) is 32.1 Å². The van der Waals surface area contributed by atoms with E-state index in [1.807, 2.05) is 6.20 Å². The number of hydrogen-bond donors (Lipinski definition) is 2. The Morgan fingerprint density at radius 3 is 3.18 bits per heavy atom. The zero-order valence-electron chi connectivity index (χ0n) is 9.98. The highest BCUT2D eigenvalue weighted by atomic mass is 16.5. The number of hydrogen-bond acceptors (Lipinski definition) is 4. The van der Waals surface area contributed by atoms with E-state index in [0.29, 0.717) is 25.5 Å².